The summed E-state index contributed by atoms with van der Waals surface area (Å²) in [6.07, 6.45) is 10.8. The minimum Gasteiger partial charge on any atom is -0.364 e. The smallest absolute Gasteiger partial charge is 0.142 e. The van der Waals surface area contributed by atoms with Gasteiger partial charge < -0.3 is 14.6 Å². The number of ether oxygens (including phenoxy) is 1. The molecule has 187 valence electrons. The highest BCUT2D eigenvalue weighted by atomic mass is 28.3. The van der Waals surface area contributed by atoms with Crippen LogP contribution in [0, 0.1) is 11.3 Å². The maximum absolute atomic E-state index is 9.59. The van der Waals surface area contributed by atoms with Crippen LogP contribution in [0.25, 0.3) is 22.2 Å². The molecule has 0 bridgehead atoms. The number of pyridine rings is 1. The van der Waals surface area contributed by atoms with Gasteiger partial charge in [-0.1, -0.05) is 0 Å². The van der Waals surface area contributed by atoms with Crippen LogP contribution in [0.1, 0.15) is 19.3 Å². The molecule has 5 heterocycles. The molecular formula is C26H37N7OSi-. The molecule has 0 saturated carbocycles. The number of piperidine rings is 1. The number of aromatic nitrogens is 4. The summed E-state index contributed by atoms with van der Waals surface area (Å²) in [5, 5.41) is 18.9. The average molecular weight is 492 g/mol. The maximum atomic E-state index is 9.59. The molecule has 1 N–H and O–H groups in total. The van der Waals surface area contributed by atoms with Crippen molar-refractivity contribution in [1.29, 1.82) is 5.26 Å². The van der Waals surface area contributed by atoms with E-state index in [1.54, 1.807) is 0 Å². The summed E-state index contributed by atoms with van der Waals surface area (Å²) in [6, 6.07) is 8.37. The lowest BCUT2D eigenvalue weighted by Gasteiger charge is -2.53. The van der Waals surface area contributed by atoms with E-state index >= 15 is 0 Å². The van der Waals surface area contributed by atoms with Crippen LogP contribution in [0.3, 0.4) is 0 Å². The monoisotopic (exact) mass is 491 g/mol. The van der Waals surface area contributed by atoms with Gasteiger partial charge in [-0.3, -0.25) is 9.58 Å². The number of nitrogens with zero attached hydrogens (tertiary/aromatic N) is 6. The second kappa shape index (κ2) is 9.86. The molecule has 2 aliphatic rings. The van der Waals surface area contributed by atoms with E-state index in [0.717, 1.165) is 61.0 Å². The third-order valence-corrected chi connectivity index (χ3v) is 9.20. The molecule has 0 aromatic carbocycles. The fourth-order valence-electron chi connectivity index (χ4n) is 5.33. The van der Waals surface area contributed by atoms with E-state index in [9.17, 15) is 5.26 Å². The van der Waals surface area contributed by atoms with Gasteiger partial charge in [-0.25, -0.2) is 4.98 Å². The van der Waals surface area contributed by atoms with E-state index in [-0.39, 0.29) is 5.54 Å². The first-order chi connectivity index (χ1) is 16.9. The van der Waals surface area contributed by atoms with Gasteiger partial charge in [0, 0.05) is 55.3 Å². The predicted molar refractivity (Wildman–Crippen MR) is 141 cm³/mol. The second-order valence-corrected chi connectivity index (χ2v) is 17.0. The van der Waals surface area contributed by atoms with E-state index in [1.165, 1.54) is 12.8 Å². The molecule has 0 amide bonds. The Kier molecular flexibility index (Phi) is 6.81. The Labute approximate surface area is 208 Å². The molecule has 3 aromatic rings. The van der Waals surface area contributed by atoms with Gasteiger partial charge >= 0.3 is 0 Å². The Balaban J connectivity index is 1.32. The summed E-state index contributed by atoms with van der Waals surface area (Å²) in [5.74, 6) is 0. The summed E-state index contributed by atoms with van der Waals surface area (Å²) in [5.41, 5.74) is 2.87. The molecule has 0 atom stereocenters. The fraction of sp³-hybridized carbons (Fsp3) is 0.577. The molecule has 2 fully saturated rings. The van der Waals surface area contributed by atoms with Crippen molar-refractivity contribution in [3.8, 4) is 17.2 Å². The average Bonchev–Trinajstić information content (AvgIpc) is 3.47. The number of hydrogen-bond acceptors (Lipinski definition) is 6. The van der Waals surface area contributed by atoms with E-state index in [0.29, 0.717) is 19.2 Å². The fourth-order valence-corrected chi connectivity index (χ4v) is 6.09. The lowest BCUT2D eigenvalue weighted by molar-refractivity contribution is -0.0339. The number of nitriles is 1. The van der Waals surface area contributed by atoms with Gasteiger partial charge in [-0.2, -0.15) is 30.0 Å². The van der Waals surface area contributed by atoms with E-state index in [2.05, 4.69) is 70.0 Å². The van der Waals surface area contributed by atoms with Crippen LogP contribution in [-0.2, 0) is 17.0 Å². The van der Waals surface area contributed by atoms with Crippen molar-refractivity contribution >= 4 is 19.1 Å². The van der Waals surface area contributed by atoms with Crippen molar-refractivity contribution in [3.05, 3.63) is 36.9 Å². The Morgan fingerprint density at radius 2 is 2.03 bits per heavy atom. The van der Waals surface area contributed by atoms with Crippen LogP contribution < -0.4 is 5.32 Å². The molecule has 0 unspecified atom stereocenters. The van der Waals surface area contributed by atoms with Gasteiger partial charge in [0.2, 0.25) is 0 Å². The maximum Gasteiger partial charge on any atom is 0.142 e. The van der Waals surface area contributed by atoms with E-state index < -0.39 is 8.07 Å². The van der Waals surface area contributed by atoms with E-state index in [4.69, 9.17) is 9.84 Å². The number of nitrogens with one attached hydrogen (secondary N) is 1. The minimum absolute atomic E-state index is 0.236. The first kappa shape index (κ1) is 24.2. The third-order valence-electron chi connectivity index (χ3n) is 7.50. The highest BCUT2D eigenvalue weighted by molar-refractivity contribution is 6.76. The number of fused-ring (bicyclic) bond motifs is 1. The lowest BCUT2D eigenvalue weighted by atomic mass is 9.84. The Hall–Kier alpha value is -2.51. The molecule has 3 aromatic heterocycles. The quantitative estimate of drug-likeness (QED) is 0.361. The van der Waals surface area contributed by atoms with Gasteiger partial charge in [-0.05, 0) is 43.6 Å². The Morgan fingerprint density at radius 1 is 1.23 bits per heavy atom. The summed E-state index contributed by atoms with van der Waals surface area (Å²) in [6.45, 7) is 12.4. The number of hydrogen-bond donors (Lipinski definition) is 1. The summed E-state index contributed by atoms with van der Waals surface area (Å²) in [4.78, 5) is 7.17. The zero-order chi connectivity index (χ0) is 24.5. The normalized spacial score (nSPS) is 19.0. The molecule has 5 rings (SSSR count). The zero-order valence-electron chi connectivity index (χ0n) is 21.2. The van der Waals surface area contributed by atoms with Gasteiger partial charge in [-0.15, -0.1) is 14.1 Å². The molecule has 0 radical (unpaired) electrons. The molecule has 9 heteroatoms. The molecule has 8 nitrogen and oxygen atoms in total. The van der Waals surface area contributed by atoms with Crippen molar-refractivity contribution in [2.75, 3.05) is 32.8 Å². The van der Waals surface area contributed by atoms with Crippen molar-refractivity contribution in [2.45, 2.75) is 63.3 Å². The molecule has 0 aliphatic carbocycles. The van der Waals surface area contributed by atoms with Crippen LogP contribution in [0.15, 0.2) is 36.9 Å². The van der Waals surface area contributed by atoms with Crippen LogP contribution in [0.2, 0.25) is 25.7 Å². The standard InChI is InChI=1S/C26H37N7OSi/c1-35(2,3)15-14-34-20-31-13-7-24-23(6-12-29-25(24)31)21-16-30-33(17-21)26(8-9-27)18-32(19-26)22-4-10-28-11-5-22/h6-7,12-13,16-17,22,28H,4-5,8,10-11,14-15,18-20H2,1-3H3/q-1. The zero-order valence-corrected chi connectivity index (χ0v) is 22.2. The number of rotatable bonds is 9. The number of likely N-dealkylation sites (tertiary alicyclic amines) is 1. The SMILES string of the molecule is C[Si-](C)(C)CCOCn1ccc2c(-c3cnn(C4(CC#N)CN(C5CCNCC5)C4)c3)ccnc21. The highest BCUT2D eigenvalue weighted by Gasteiger charge is 2.47. The predicted octanol–water partition coefficient (Wildman–Crippen LogP) is 3.89. The van der Waals surface area contributed by atoms with Gasteiger partial charge in [0.15, 0.2) is 0 Å². The summed E-state index contributed by atoms with van der Waals surface area (Å²) in [7, 11) is -1.10. The second-order valence-electron chi connectivity index (χ2n) is 11.3. The van der Waals surface area contributed by atoms with Gasteiger partial charge in [0.25, 0.3) is 0 Å². The largest absolute Gasteiger partial charge is 0.364 e. The molecule has 2 saturated heterocycles. The van der Waals surface area contributed by atoms with Gasteiger partial charge in [0.05, 0.1) is 18.7 Å². The topological polar surface area (TPSA) is 83.9 Å². The molecule has 35 heavy (non-hydrogen) atoms. The highest BCUT2D eigenvalue weighted by Crippen LogP contribution is 2.37. The van der Waals surface area contributed by atoms with Crippen LogP contribution in [-0.4, -0.2) is 71.1 Å². The summed E-state index contributed by atoms with van der Waals surface area (Å²) < 4.78 is 10.1. The Morgan fingerprint density at radius 3 is 2.77 bits per heavy atom. The van der Waals surface area contributed by atoms with Crippen molar-refractivity contribution in [2.24, 2.45) is 0 Å². The molecule has 2 aliphatic heterocycles. The lowest BCUT2D eigenvalue weighted by Crippen LogP contribution is -2.66. The molecule has 0 spiro atoms. The van der Waals surface area contributed by atoms with Crippen LogP contribution in [0.4, 0.5) is 0 Å². The van der Waals surface area contributed by atoms with Crippen molar-refractivity contribution in [3.63, 3.8) is 0 Å². The van der Waals surface area contributed by atoms with Gasteiger partial charge in [0.1, 0.15) is 17.9 Å². The summed E-state index contributed by atoms with van der Waals surface area (Å²) >= 11 is 0. The van der Waals surface area contributed by atoms with E-state index in [1.807, 2.05) is 17.1 Å². The van der Waals surface area contributed by atoms with Crippen molar-refractivity contribution in [1.82, 2.24) is 29.5 Å². The first-order valence-electron chi connectivity index (χ1n) is 12.8. The van der Waals surface area contributed by atoms with Crippen molar-refractivity contribution < 1.29 is 4.74 Å². The Bertz CT molecular complexity index is 1190. The molecular weight excluding hydrogens is 454 g/mol. The van der Waals surface area contributed by atoms with Crippen LogP contribution in [0.5, 0.6) is 0 Å². The third kappa shape index (κ3) is 5.07. The van der Waals surface area contributed by atoms with Crippen LogP contribution >= 0.6 is 0 Å². The first-order valence-corrected chi connectivity index (χ1v) is 16.5. The minimum atomic E-state index is -1.10.